The van der Waals surface area contributed by atoms with Gasteiger partial charge in [0.15, 0.2) is 6.61 Å². The van der Waals surface area contributed by atoms with Gasteiger partial charge in [-0.3, -0.25) is 4.79 Å². The Labute approximate surface area is 123 Å². The van der Waals surface area contributed by atoms with Crippen molar-refractivity contribution in [2.75, 3.05) is 31.4 Å². The Morgan fingerprint density at radius 1 is 1.14 bits per heavy atom. The molecule has 110 valence electrons. The molecule has 21 heavy (non-hydrogen) atoms. The van der Waals surface area contributed by atoms with Crippen LogP contribution in [0.15, 0.2) is 48.5 Å². The first-order chi connectivity index (χ1) is 10.1. The van der Waals surface area contributed by atoms with Crippen LogP contribution in [0.1, 0.15) is 0 Å². The van der Waals surface area contributed by atoms with Crippen LogP contribution in [0.3, 0.4) is 0 Å². The number of carbonyl (C=O) groups excluding carboxylic acids is 1. The number of anilines is 2. The molecule has 2 N–H and O–H groups in total. The Morgan fingerprint density at radius 3 is 2.48 bits per heavy atom. The molecule has 2 aromatic carbocycles. The molecule has 0 heterocycles. The first-order valence-corrected chi connectivity index (χ1v) is 6.49. The Bertz CT molecular complexity index is 611. The molecule has 2 rings (SSSR count). The van der Waals surface area contributed by atoms with Crippen molar-refractivity contribution in [2.24, 2.45) is 0 Å². The van der Waals surface area contributed by atoms with E-state index >= 15 is 0 Å². The largest absolute Gasteiger partial charge is 0.497 e. The molecule has 0 aliphatic carbocycles. The van der Waals surface area contributed by atoms with Gasteiger partial charge < -0.3 is 20.1 Å². The molecule has 0 unspecified atom stereocenters. The zero-order valence-corrected chi connectivity index (χ0v) is 12.1. The molecular weight excluding hydrogens is 268 g/mol. The minimum Gasteiger partial charge on any atom is -0.497 e. The molecule has 0 saturated heterocycles. The number of rotatable bonds is 5. The van der Waals surface area contributed by atoms with Crippen molar-refractivity contribution in [3.63, 3.8) is 0 Å². The summed E-state index contributed by atoms with van der Waals surface area (Å²) in [6.45, 7) is -0.0476. The van der Waals surface area contributed by atoms with Gasteiger partial charge in [0.05, 0.1) is 7.11 Å². The highest BCUT2D eigenvalue weighted by Gasteiger charge is 2.11. The maximum absolute atomic E-state index is 12.1. The highest BCUT2D eigenvalue weighted by Crippen LogP contribution is 2.19. The van der Waals surface area contributed by atoms with Crippen LogP contribution in [0.2, 0.25) is 0 Å². The molecule has 5 nitrogen and oxygen atoms in total. The van der Waals surface area contributed by atoms with Gasteiger partial charge in [0.2, 0.25) is 0 Å². The monoisotopic (exact) mass is 286 g/mol. The van der Waals surface area contributed by atoms with Gasteiger partial charge in [-0.1, -0.05) is 6.07 Å². The third-order valence-electron chi connectivity index (χ3n) is 3.06. The number of hydrogen-bond acceptors (Lipinski definition) is 4. The molecule has 0 aliphatic rings. The summed E-state index contributed by atoms with van der Waals surface area (Å²) >= 11 is 0. The Kier molecular flexibility index (Phi) is 4.66. The molecule has 0 aromatic heterocycles. The van der Waals surface area contributed by atoms with Crippen LogP contribution in [0.25, 0.3) is 0 Å². The third-order valence-corrected chi connectivity index (χ3v) is 3.06. The average Bonchev–Trinajstić information content (AvgIpc) is 2.53. The predicted octanol–water partition coefficient (Wildman–Crippen LogP) is 2.32. The minimum absolute atomic E-state index is 0.0476. The fourth-order valence-electron chi connectivity index (χ4n) is 1.77. The number of nitrogens with two attached hydrogens (primary N) is 1. The Morgan fingerprint density at radius 2 is 1.81 bits per heavy atom. The van der Waals surface area contributed by atoms with Gasteiger partial charge in [0, 0.05) is 24.5 Å². The molecule has 0 bridgehead atoms. The SMILES string of the molecule is COc1cccc(OCC(=O)N(C)c2ccc(N)cc2)c1. The van der Waals surface area contributed by atoms with Crippen LogP contribution >= 0.6 is 0 Å². The van der Waals surface area contributed by atoms with Crippen molar-refractivity contribution >= 4 is 17.3 Å². The molecule has 0 atom stereocenters. The second-order valence-corrected chi connectivity index (χ2v) is 4.51. The van der Waals surface area contributed by atoms with E-state index in [4.69, 9.17) is 15.2 Å². The summed E-state index contributed by atoms with van der Waals surface area (Å²) in [4.78, 5) is 13.6. The maximum Gasteiger partial charge on any atom is 0.264 e. The van der Waals surface area contributed by atoms with Gasteiger partial charge in [0.25, 0.3) is 5.91 Å². The second-order valence-electron chi connectivity index (χ2n) is 4.51. The molecule has 0 saturated carbocycles. The lowest BCUT2D eigenvalue weighted by Gasteiger charge is -2.17. The molecule has 0 spiro atoms. The standard InChI is InChI=1S/C16H18N2O3/c1-18(13-8-6-12(17)7-9-13)16(19)11-21-15-5-3-4-14(10-15)20-2/h3-10H,11,17H2,1-2H3. The Hall–Kier alpha value is -2.69. The molecule has 0 fully saturated rings. The number of carbonyl (C=O) groups is 1. The number of nitrogens with zero attached hydrogens (tertiary/aromatic N) is 1. The zero-order chi connectivity index (χ0) is 15.2. The quantitative estimate of drug-likeness (QED) is 0.857. The summed E-state index contributed by atoms with van der Waals surface area (Å²) in [6.07, 6.45) is 0. The molecule has 5 heteroatoms. The van der Waals surface area contributed by atoms with Crippen molar-refractivity contribution < 1.29 is 14.3 Å². The zero-order valence-electron chi connectivity index (χ0n) is 12.1. The van der Waals surface area contributed by atoms with Crippen molar-refractivity contribution in [1.29, 1.82) is 0 Å². The lowest BCUT2D eigenvalue weighted by Crippen LogP contribution is -2.31. The van der Waals surface area contributed by atoms with E-state index < -0.39 is 0 Å². The highest BCUT2D eigenvalue weighted by atomic mass is 16.5. The molecule has 2 aromatic rings. The van der Waals surface area contributed by atoms with Crippen molar-refractivity contribution in [1.82, 2.24) is 0 Å². The average molecular weight is 286 g/mol. The maximum atomic E-state index is 12.1. The summed E-state index contributed by atoms with van der Waals surface area (Å²) in [5.41, 5.74) is 7.05. The summed E-state index contributed by atoms with van der Waals surface area (Å²) in [5, 5.41) is 0. The van der Waals surface area contributed by atoms with Gasteiger partial charge in [-0.2, -0.15) is 0 Å². The van der Waals surface area contributed by atoms with E-state index in [2.05, 4.69) is 0 Å². The predicted molar refractivity (Wildman–Crippen MR) is 82.8 cm³/mol. The van der Waals surface area contributed by atoms with Gasteiger partial charge in [-0.15, -0.1) is 0 Å². The molecule has 1 amide bonds. The fraction of sp³-hybridized carbons (Fsp3) is 0.188. The van der Waals surface area contributed by atoms with E-state index in [-0.39, 0.29) is 12.5 Å². The number of amides is 1. The van der Waals surface area contributed by atoms with E-state index in [1.54, 1.807) is 50.6 Å². The minimum atomic E-state index is -0.150. The van der Waals surface area contributed by atoms with Gasteiger partial charge >= 0.3 is 0 Å². The topological polar surface area (TPSA) is 64.8 Å². The van der Waals surface area contributed by atoms with E-state index in [0.717, 1.165) is 5.69 Å². The number of benzene rings is 2. The molecular formula is C16H18N2O3. The van der Waals surface area contributed by atoms with Gasteiger partial charge in [-0.05, 0) is 36.4 Å². The summed E-state index contributed by atoms with van der Waals surface area (Å²) in [6, 6.07) is 14.2. The first kappa shape index (κ1) is 14.7. The highest BCUT2D eigenvalue weighted by molar-refractivity contribution is 5.94. The fourth-order valence-corrected chi connectivity index (χ4v) is 1.77. The Balaban J connectivity index is 1.96. The smallest absolute Gasteiger partial charge is 0.264 e. The van der Waals surface area contributed by atoms with Crippen molar-refractivity contribution in [3.05, 3.63) is 48.5 Å². The van der Waals surface area contributed by atoms with E-state index in [1.807, 2.05) is 12.1 Å². The third kappa shape index (κ3) is 3.89. The van der Waals surface area contributed by atoms with Crippen molar-refractivity contribution in [2.45, 2.75) is 0 Å². The lowest BCUT2D eigenvalue weighted by molar-refractivity contribution is -0.120. The van der Waals surface area contributed by atoms with Gasteiger partial charge in [0.1, 0.15) is 11.5 Å². The van der Waals surface area contributed by atoms with Crippen LogP contribution in [-0.4, -0.2) is 26.7 Å². The lowest BCUT2D eigenvalue weighted by atomic mass is 10.2. The van der Waals surface area contributed by atoms with Crippen molar-refractivity contribution in [3.8, 4) is 11.5 Å². The van der Waals surface area contributed by atoms with Crippen LogP contribution in [0.5, 0.6) is 11.5 Å². The van der Waals surface area contributed by atoms with E-state index in [9.17, 15) is 4.79 Å². The number of methoxy groups -OCH3 is 1. The summed E-state index contributed by atoms with van der Waals surface area (Å²) < 4.78 is 10.6. The number of nitrogen functional groups attached to an aromatic ring is 1. The summed E-state index contributed by atoms with van der Waals surface area (Å²) in [7, 11) is 3.28. The van der Waals surface area contributed by atoms with E-state index in [0.29, 0.717) is 17.2 Å². The number of likely N-dealkylation sites (N-methyl/N-ethyl adjacent to an activating group) is 1. The second kappa shape index (κ2) is 6.65. The number of ether oxygens (including phenoxy) is 2. The summed E-state index contributed by atoms with van der Waals surface area (Å²) in [5.74, 6) is 1.13. The number of hydrogen-bond donors (Lipinski definition) is 1. The molecule has 0 aliphatic heterocycles. The molecule has 0 radical (unpaired) electrons. The first-order valence-electron chi connectivity index (χ1n) is 6.49. The van der Waals surface area contributed by atoms with Crippen LogP contribution in [0.4, 0.5) is 11.4 Å². The van der Waals surface area contributed by atoms with Crippen LogP contribution in [0, 0.1) is 0 Å². The van der Waals surface area contributed by atoms with Crippen LogP contribution < -0.4 is 20.1 Å². The normalized spacial score (nSPS) is 10.0. The van der Waals surface area contributed by atoms with Gasteiger partial charge in [-0.25, -0.2) is 0 Å². The van der Waals surface area contributed by atoms with E-state index in [1.165, 1.54) is 4.90 Å². The van der Waals surface area contributed by atoms with Crippen LogP contribution in [-0.2, 0) is 4.79 Å².